The molecule has 0 bridgehead atoms. The lowest BCUT2D eigenvalue weighted by molar-refractivity contribution is -0.671. The first-order valence-electron chi connectivity index (χ1n) is 6.86. The topological polar surface area (TPSA) is 76.3 Å². The number of quaternary nitrogens is 1. The second-order valence-electron chi connectivity index (χ2n) is 4.78. The van der Waals surface area contributed by atoms with Crippen molar-refractivity contribution in [2.24, 2.45) is 0 Å². The van der Waals surface area contributed by atoms with Crippen LogP contribution in [0.25, 0.3) is 11.0 Å². The van der Waals surface area contributed by atoms with Crippen molar-refractivity contribution in [3.05, 3.63) is 38.7 Å². The molecule has 2 rings (SSSR count). The zero-order chi connectivity index (χ0) is 15.4. The molecule has 0 amide bonds. The van der Waals surface area contributed by atoms with E-state index in [0.717, 1.165) is 17.5 Å². The van der Waals surface area contributed by atoms with Gasteiger partial charge in [-0.2, -0.15) is 0 Å². The molecule has 3 N–H and O–H groups in total. The molecule has 0 unspecified atom stereocenters. The molecule has 1 heterocycles. The van der Waals surface area contributed by atoms with Gasteiger partial charge in [-0.1, -0.05) is 18.5 Å². The van der Waals surface area contributed by atoms with Crippen LogP contribution in [0.1, 0.15) is 18.1 Å². The minimum Gasteiger partial charge on any atom is -0.506 e. The molecule has 0 atom stereocenters. The highest BCUT2D eigenvalue weighted by Gasteiger charge is 2.17. The lowest BCUT2D eigenvalue weighted by atomic mass is 10.0. The van der Waals surface area contributed by atoms with Gasteiger partial charge in [0.15, 0.2) is 5.58 Å². The summed E-state index contributed by atoms with van der Waals surface area (Å²) in [7, 11) is 1.63. The van der Waals surface area contributed by atoms with Gasteiger partial charge in [-0.25, -0.2) is 4.79 Å². The van der Waals surface area contributed by atoms with Gasteiger partial charge in [0.2, 0.25) is 0 Å². The fourth-order valence-corrected chi connectivity index (χ4v) is 2.53. The van der Waals surface area contributed by atoms with Gasteiger partial charge in [0.1, 0.15) is 12.3 Å². The van der Waals surface area contributed by atoms with Crippen LogP contribution < -0.4 is 10.9 Å². The van der Waals surface area contributed by atoms with E-state index in [1.54, 1.807) is 13.2 Å². The van der Waals surface area contributed by atoms with E-state index in [-0.39, 0.29) is 10.8 Å². The third-order valence-corrected chi connectivity index (χ3v) is 3.69. The zero-order valence-electron chi connectivity index (χ0n) is 12.1. The predicted octanol–water partition coefficient (Wildman–Crippen LogP) is 1.42. The minimum absolute atomic E-state index is 0.0331. The molecule has 0 aliphatic rings. The van der Waals surface area contributed by atoms with Crippen LogP contribution in [0.2, 0.25) is 5.02 Å². The van der Waals surface area contributed by atoms with Gasteiger partial charge in [-0.15, -0.1) is 0 Å². The Morgan fingerprint density at radius 1 is 1.43 bits per heavy atom. The van der Waals surface area contributed by atoms with Crippen molar-refractivity contribution < 1.29 is 19.6 Å². The highest BCUT2D eigenvalue weighted by Crippen LogP contribution is 2.34. The third-order valence-electron chi connectivity index (χ3n) is 3.40. The molecule has 114 valence electrons. The van der Waals surface area contributed by atoms with Crippen molar-refractivity contribution in [1.82, 2.24) is 0 Å². The van der Waals surface area contributed by atoms with Crippen LogP contribution in [0.15, 0.2) is 21.3 Å². The molecular weight excluding hydrogens is 294 g/mol. The molecule has 0 aliphatic heterocycles. The molecule has 1 aromatic carbocycles. The van der Waals surface area contributed by atoms with Crippen LogP contribution in [-0.2, 0) is 17.7 Å². The van der Waals surface area contributed by atoms with E-state index in [2.05, 4.69) is 0 Å². The van der Waals surface area contributed by atoms with E-state index >= 15 is 0 Å². The van der Waals surface area contributed by atoms with Crippen molar-refractivity contribution in [2.45, 2.75) is 19.9 Å². The Hall–Kier alpha value is -1.56. The largest absolute Gasteiger partial charge is 0.506 e. The number of aryl methyl sites for hydroxylation is 1. The number of rotatable bonds is 6. The molecule has 21 heavy (non-hydrogen) atoms. The lowest BCUT2D eigenvalue weighted by Gasteiger charge is -2.11. The van der Waals surface area contributed by atoms with Crippen molar-refractivity contribution in [2.75, 3.05) is 20.3 Å². The number of hydrogen-bond donors (Lipinski definition) is 2. The summed E-state index contributed by atoms with van der Waals surface area (Å²) < 4.78 is 10.3. The van der Waals surface area contributed by atoms with Gasteiger partial charge in [-0.3, -0.25) is 0 Å². The zero-order valence-corrected chi connectivity index (χ0v) is 12.9. The normalized spacial score (nSPS) is 11.2. The summed E-state index contributed by atoms with van der Waals surface area (Å²) in [5.74, 6) is -0.0331. The highest BCUT2D eigenvalue weighted by molar-refractivity contribution is 6.33. The third kappa shape index (κ3) is 3.37. The number of fused-ring (bicyclic) bond motifs is 1. The first-order chi connectivity index (χ1) is 10.1. The molecule has 0 fully saturated rings. The molecule has 5 nitrogen and oxygen atoms in total. The molecule has 6 heteroatoms. The number of ether oxygens (including phenoxy) is 1. The van der Waals surface area contributed by atoms with Crippen LogP contribution >= 0.6 is 11.6 Å². The number of hydrogen-bond acceptors (Lipinski definition) is 4. The summed E-state index contributed by atoms with van der Waals surface area (Å²) in [6.45, 7) is 3.76. The molecule has 0 radical (unpaired) electrons. The summed E-state index contributed by atoms with van der Waals surface area (Å²) >= 11 is 6.09. The van der Waals surface area contributed by atoms with Crippen molar-refractivity contribution >= 4 is 22.6 Å². The van der Waals surface area contributed by atoms with Crippen LogP contribution in [-0.4, -0.2) is 25.4 Å². The Bertz CT molecular complexity index is 696. The maximum absolute atomic E-state index is 11.7. The van der Waals surface area contributed by atoms with Crippen LogP contribution in [0.5, 0.6) is 5.75 Å². The SMILES string of the molecule is CCc1cc(=O)oc2c(C[NH2+]CCOC)c(O)c(Cl)cc12. The number of nitrogens with two attached hydrogens (primary N) is 1. The lowest BCUT2D eigenvalue weighted by Crippen LogP contribution is -2.83. The van der Waals surface area contributed by atoms with E-state index in [9.17, 15) is 9.90 Å². The van der Waals surface area contributed by atoms with Crippen molar-refractivity contribution in [3.8, 4) is 5.75 Å². The average molecular weight is 313 g/mol. The first-order valence-corrected chi connectivity index (χ1v) is 7.24. The Morgan fingerprint density at radius 2 is 2.19 bits per heavy atom. The Kier molecular flexibility index (Phi) is 5.22. The monoisotopic (exact) mass is 312 g/mol. The van der Waals surface area contributed by atoms with Crippen LogP contribution in [0.4, 0.5) is 0 Å². The maximum atomic E-state index is 11.7. The Morgan fingerprint density at radius 3 is 2.86 bits per heavy atom. The van der Waals surface area contributed by atoms with E-state index in [0.29, 0.717) is 30.7 Å². The smallest absolute Gasteiger partial charge is 0.336 e. The molecule has 0 saturated carbocycles. The number of phenols is 1. The van der Waals surface area contributed by atoms with E-state index in [4.69, 9.17) is 20.8 Å². The standard InChI is InChI=1S/C15H18ClNO4/c1-3-9-6-13(18)21-15-10(9)7-12(16)14(19)11(15)8-17-4-5-20-2/h6-7,17,19H,3-5,8H2,1-2H3/p+1. The number of benzene rings is 1. The first kappa shape index (κ1) is 15.8. The van der Waals surface area contributed by atoms with Crippen LogP contribution in [0.3, 0.4) is 0 Å². The number of methoxy groups -OCH3 is 1. The maximum Gasteiger partial charge on any atom is 0.336 e. The summed E-state index contributed by atoms with van der Waals surface area (Å²) in [6.07, 6.45) is 0.691. The van der Waals surface area contributed by atoms with Gasteiger partial charge in [0, 0.05) is 18.6 Å². The molecule has 0 aliphatic carbocycles. The summed E-state index contributed by atoms with van der Waals surface area (Å²) in [5.41, 5.74) is 1.40. The van der Waals surface area contributed by atoms with Gasteiger partial charge in [0.25, 0.3) is 0 Å². The minimum atomic E-state index is -0.417. The quantitative estimate of drug-likeness (QED) is 0.625. The Labute approximate surface area is 127 Å². The fraction of sp³-hybridized carbons (Fsp3) is 0.400. The van der Waals surface area contributed by atoms with Crippen LogP contribution in [0, 0.1) is 0 Å². The summed E-state index contributed by atoms with van der Waals surface area (Å²) in [5, 5.41) is 13.2. The molecule has 1 aromatic heterocycles. The second-order valence-corrected chi connectivity index (χ2v) is 5.19. The van der Waals surface area contributed by atoms with Crippen molar-refractivity contribution in [1.29, 1.82) is 0 Å². The average Bonchev–Trinajstić information content (AvgIpc) is 2.47. The number of phenolic OH excluding ortho intramolecular Hbond substituents is 1. The predicted molar refractivity (Wildman–Crippen MR) is 80.9 cm³/mol. The molecule has 0 saturated heterocycles. The van der Waals surface area contributed by atoms with E-state index in [1.807, 2.05) is 12.2 Å². The van der Waals surface area contributed by atoms with Gasteiger partial charge >= 0.3 is 5.63 Å². The fourth-order valence-electron chi connectivity index (χ4n) is 2.31. The summed E-state index contributed by atoms with van der Waals surface area (Å²) in [4.78, 5) is 11.7. The van der Waals surface area contributed by atoms with E-state index in [1.165, 1.54) is 6.07 Å². The molecule has 2 aromatic rings. The van der Waals surface area contributed by atoms with Crippen molar-refractivity contribution in [3.63, 3.8) is 0 Å². The molecule has 0 spiro atoms. The van der Waals surface area contributed by atoms with E-state index < -0.39 is 5.63 Å². The number of halogens is 1. The molecular formula is C15H19ClNO4+. The summed E-state index contributed by atoms with van der Waals surface area (Å²) in [6, 6.07) is 3.11. The van der Waals surface area contributed by atoms with Gasteiger partial charge in [0.05, 0.1) is 23.7 Å². The highest BCUT2D eigenvalue weighted by atomic mass is 35.5. The van der Waals surface area contributed by atoms with Gasteiger partial charge < -0.3 is 19.6 Å². The Balaban J connectivity index is 2.53. The van der Waals surface area contributed by atoms with Gasteiger partial charge in [-0.05, 0) is 18.1 Å². The second kappa shape index (κ2) is 6.93. The number of aromatic hydroxyl groups is 1.